The lowest BCUT2D eigenvalue weighted by Gasteiger charge is -2.29. The zero-order valence-corrected chi connectivity index (χ0v) is 19.9. The molecule has 180 valence electrons. The van der Waals surface area contributed by atoms with E-state index in [0.717, 1.165) is 10.6 Å². The lowest BCUT2D eigenvalue weighted by atomic mass is 10.0. The second-order valence-electron chi connectivity index (χ2n) is 7.99. The molecule has 2 aromatic rings. The number of phenolic OH excluding ortho intramolecular Hbond substituents is 1. The number of morpholine rings is 1. The fraction of sp³-hybridized carbons (Fsp3) is 0.435. The van der Waals surface area contributed by atoms with Crippen molar-refractivity contribution >= 4 is 34.8 Å². The molecule has 2 unspecified atom stereocenters. The fourth-order valence-electron chi connectivity index (χ4n) is 3.64. The molecule has 0 saturated carbocycles. The molecule has 2 aromatic carbocycles. The van der Waals surface area contributed by atoms with Gasteiger partial charge in [0.05, 0.1) is 29.4 Å². The Morgan fingerprint density at radius 2 is 1.79 bits per heavy atom. The minimum absolute atomic E-state index is 0.149. The van der Waals surface area contributed by atoms with Crippen molar-refractivity contribution in [2.24, 2.45) is 0 Å². The molecule has 1 aliphatic rings. The van der Waals surface area contributed by atoms with E-state index in [2.05, 4.69) is 5.32 Å². The van der Waals surface area contributed by atoms with Gasteiger partial charge in [0, 0.05) is 19.1 Å². The third-order valence-corrected chi connectivity index (χ3v) is 6.15. The zero-order valence-electron chi connectivity index (χ0n) is 18.4. The predicted octanol–water partition coefficient (Wildman–Crippen LogP) is 3.01. The number of aliphatic hydroxyl groups is 1. The van der Waals surface area contributed by atoms with E-state index >= 15 is 0 Å². The number of carbonyl (C=O) groups is 1. The van der Waals surface area contributed by atoms with Gasteiger partial charge in [-0.2, -0.15) is 0 Å². The molecule has 2 atom stereocenters. The van der Waals surface area contributed by atoms with Crippen LogP contribution in [0.2, 0.25) is 10.0 Å². The Kier molecular flexibility index (Phi) is 9.19. The van der Waals surface area contributed by atoms with Crippen molar-refractivity contribution < 1.29 is 25.0 Å². The van der Waals surface area contributed by atoms with Gasteiger partial charge in [-0.05, 0) is 55.3 Å². The van der Waals surface area contributed by atoms with E-state index < -0.39 is 6.10 Å². The van der Waals surface area contributed by atoms with Crippen LogP contribution in [0.5, 0.6) is 5.75 Å². The van der Waals surface area contributed by atoms with Crippen LogP contribution in [0, 0.1) is 0 Å². The third kappa shape index (κ3) is 6.96. The first-order valence-electron chi connectivity index (χ1n) is 10.8. The van der Waals surface area contributed by atoms with Crippen LogP contribution in [0.4, 0.5) is 5.69 Å². The van der Waals surface area contributed by atoms with E-state index in [1.165, 1.54) is 12.1 Å². The van der Waals surface area contributed by atoms with Crippen LogP contribution < -0.4 is 10.4 Å². The first kappa shape index (κ1) is 25.6. The highest BCUT2D eigenvalue weighted by molar-refractivity contribution is 6.39. The number of ether oxygens (including phenoxy) is 1. The van der Waals surface area contributed by atoms with Crippen LogP contribution in [0.3, 0.4) is 0 Å². The van der Waals surface area contributed by atoms with Gasteiger partial charge in [-0.15, -0.1) is 0 Å². The van der Waals surface area contributed by atoms with Crippen molar-refractivity contribution in [3.63, 3.8) is 0 Å². The Bertz CT molecular complexity index is 915. The molecule has 1 saturated heterocycles. The van der Waals surface area contributed by atoms with E-state index in [1.54, 1.807) is 29.2 Å². The minimum atomic E-state index is -0.730. The number of halogens is 2. The Morgan fingerprint density at radius 3 is 2.39 bits per heavy atom. The maximum atomic E-state index is 12.4. The monoisotopic (exact) mass is 497 g/mol. The number of benzene rings is 2. The number of hydrogen-bond donors (Lipinski definition) is 4. The highest BCUT2D eigenvalue weighted by Crippen LogP contribution is 2.34. The standard InChI is InChI=1S/C23H29Cl2N3O5/c1-15(23(31)17-2-4-18(29)5-3-17)26-7-6-16-12-19(24)22(20(25)13-16)28(32)14-21(30)27-8-10-33-11-9-27/h2-5,12-13,15,23,26,29,31-32H,6-11,14H2,1H3. The summed E-state index contributed by atoms with van der Waals surface area (Å²) in [5, 5.41) is 34.8. The number of carbonyl (C=O) groups excluding carboxylic acids is 1. The van der Waals surface area contributed by atoms with Gasteiger partial charge in [0.1, 0.15) is 18.0 Å². The van der Waals surface area contributed by atoms with Crippen LogP contribution in [0.25, 0.3) is 0 Å². The van der Waals surface area contributed by atoms with E-state index in [4.69, 9.17) is 27.9 Å². The summed E-state index contributed by atoms with van der Waals surface area (Å²) in [4.78, 5) is 14.0. The Balaban J connectivity index is 1.54. The molecule has 0 radical (unpaired) electrons. The number of aliphatic hydroxyl groups excluding tert-OH is 1. The Morgan fingerprint density at radius 1 is 1.18 bits per heavy atom. The molecule has 0 aliphatic carbocycles. The third-order valence-electron chi connectivity index (χ3n) is 5.57. The van der Waals surface area contributed by atoms with Gasteiger partial charge in [0.25, 0.3) is 0 Å². The highest BCUT2D eigenvalue weighted by atomic mass is 35.5. The summed E-state index contributed by atoms with van der Waals surface area (Å²) in [7, 11) is 0. The van der Waals surface area contributed by atoms with Crippen LogP contribution >= 0.6 is 23.2 Å². The molecular weight excluding hydrogens is 469 g/mol. The molecule has 1 amide bonds. The Hall–Kier alpha value is -2.07. The summed E-state index contributed by atoms with van der Waals surface area (Å²) in [6.07, 6.45) is -0.142. The summed E-state index contributed by atoms with van der Waals surface area (Å²) >= 11 is 12.7. The number of nitrogens with one attached hydrogen (secondary N) is 1. The number of phenols is 1. The largest absolute Gasteiger partial charge is 0.508 e. The number of nitrogens with zero attached hydrogens (tertiary/aromatic N) is 2. The van der Waals surface area contributed by atoms with Crippen LogP contribution in [0.15, 0.2) is 36.4 Å². The normalized spacial score (nSPS) is 15.8. The smallest absolute Gasteiger partial charge is 0.244 e. The first-order chi connectivity index (χ1) is 15.8. The molecule has 8 nitrogen and oxygen atoms in total. The van der Waals surface area contributed by atoms with Crippen molar-refractivity contribution in [2.45, 2.75) is 25.5 Å². The average Bonchev–Trinajstić information content (AvgIpc) is 2.79. The lowest BCUT2D eigenvalue weighted by molar-refractivity contribution is -0.134. The van der Waals surface area contributed by atoms with Gasteiger partial charge >= 0.3 is 0 Å². The van der Waals surface area contributed by atoms with Crippen molar-refractivity contribution in [1.82, 2.24) is 10.2 Å². The first-order valence-corrected chi connectivity index (χ1v) is 11.5. The number of hydroxylamine groups is 1. The minimum Gasteiger partial charge on any atom is -0.508 e. The second kappa shape index (κ2) is 11.9. The number of amides is 1. The SMILES string of the molecule is CC(NCCc1cc(Cl)c(N(O)CC(=O)N2CCOCC2)c(Cl)c1)C(O)c1ccc(O)cc1. The molecule has 4 N–H and O–H groups in total. The van der Waals surface area contributed by atoms with Gasteiger partial charge in [-0.1, -0.05) is 35.3 Å². The van der Waals surface area contributed by atoms with Crippen LogP contribution in [-0.2, 0) is 16.0 Å². The van der Waals surface area contributed by atoms with Crippen molar-refractivity contribution in [3.05, 3.63) is 57.6 Å². The average molecular weight is 498 g/mol. The van der Waals surface area contributed by atoms with Crippen LogP contribution in [-0.4, -0.2) is 71.7 Å². The maximum Gasteiger partial charge on any atom is 0.244 e. The van der Waals surface area contributed by atoms with Gasteiger partial charge in [-0.25, -0.2) is 5.06 Å². The van der Waals surface area contributed by atoms with E-state index in [9.17, 15) is 20.2 Å². The summed E-state index contributed by atoms with van der Waals surface area (Å²) in [5.74, 6) is -0.0851. The van der Waals surface area contributed by atoms with Gasteiger partial charge in [0.15, 0.2) is 0 Å². The summed E-state index contributed by atoms with van der Waals surface area (Å²) in [6, 6.07) is 9.62. The Labute approximate surface area is 203 Å². The topological polar surface area (TPSA) is 106 Å². The van der Waals surface area contributed by atoms with Crippen LogP contribution in [0.1, 0.15) is 24.2 Å². The second-order valence-corrected chi connectivity index (χ2v) is 8.80. The molecular formula is C23H29Cl2N3O5. The molecule has 0 aromatic heterocycles. The number of anilines is 1. The van der Waals surface area contributed by atoms with Crippen molar-refractivity contribution in [1.29, 1.82) is 0 Å². The zero-order chi connectivity index (χ0) is 24.0. The van der Waals surface area contributed by atoms with Crippen molar-refractivity contribution in [3.8, 4) is 5.75 Å². The molecule has 0 bridgehead atoms. The lowest BCUT2D eigenvalue weighted by Crippen LogP contribution is -2.45. The molecule has 0 spiro atoms. The van der Waals surface area contributed by atoms with Gasteiger partial charge in [0.2, 0.25) is 5.91 Å². The van der Waals surface area contributed by atoms with Gasteiger partial charge < -0.3 is 25.2 Å². The molecule has 1 fully saturated rings. The van der Waals surface area contributed by atoms with Crippen molar-refractivity contribution in [2.75, 3.05) is 44.5 Å². The van der Waals surface area contributed by atoms with E-state index in [-0.39, 0.29) is 40.0 Å². The number of aromatic hydroxyl groups is 1. The highest BCUT2D eigenvalue weighted by Gasteiger charge is 2.22. The number of hydrogen-bond acceptors (Lipinski definition) is 7. The summed E-state index contributed by atoms with van der Waals surface area (Å²) < 4.78 is 5.24. The molecule has 3 rings (SSSR count). The maximum absolute atomic E-state index is 12.4. The summed E-state index contributed by atoms with van der Waals surface area (Å²) in [5.41, 5.74) is 1.74. The predicted molar refractivity (Wildman–Crippen MR) is 127 cm³/mol. The molecule has 1 aliphatic heterocycles. The fourth-order valence-corrected chi connectivity index (χ4v) is 4.37. The molecule has 33 heavy (non-hydrogen) atoms. The summed E-state index contributed by atoms with van der Waals surface area (Å²) in [6.45, 7) is 4.10. The number of rotatable bonds is 9. The molecule has 10 heteroatoms. The quantitative estimate of drug-likeness (QED) is 0.394. The van der Waals surface area contributed by atoms with E-state index in [0.29, 0.717) is 44.8 Å². The van der Waals surface area contributed by atoms with E-state index in [1.807, 2.05) is 6.92 Å². The molecule has 1 heterocycles. The van der Waals surface area contributed by atoms with Gasteiger partial charge in [-0.3, -0.25) is 10.0 Å².